The first kappa shape index (κ1) is 17.1. The van der Waals surface area contributed by atoms with Gasteiger partial charge in [-0.15, -0.1) is 0 Å². The van der Waals surface area contributed by atoms with Crippen molar-refractivity contribution in [2.75, 3.05) is 5.32 Å². The van der Waals surface area contributed by atoms with Crippen LogP contribution in [-0.2, 0) is 0 Å². The van der Waals surface area contributed by atoms with Crippen molar-refractivity contribution in [1.82, 2.24) is 19.7 Å². The lowest BCUT2D eigenvalue weighted by molar-refractivity contribution is 0.102. The standard InChI is InChI=1S/C19H23N5O/c1-10(2)24-18-15(9-20-24)8-16(13(5)22-18)19(25)23-17-11(3)7-12(4)21-14(17)6/h7-10H,1-6H3,(H,23,25). The molecule has 25 heavy (non-hydrogen) atoms. The van der Waals surface area contributed by atoms with Gasteiger partial charge in [0.05, 0.1) is 28.8 Å². The fraction of sp³-hybridized carbons (Fsp3) is 0.368. The maximum absolute atomic E-state index is 12.8. The smallest absolute Gasteiger partial charge is 0.257 e. The molecule has 6 nitrogen and oxygen atoms in total. The molecular formula is C19H23N5O. The van der Waals surface area contributed by atoms with Crippen LogP contribution >= 0.6 is 0 Å². The number of aryl methyl sites for hydroxylation is 4. The monoisotopic (exact) mass is 337 g/mol. The number of nitrogens with zero attached hydrogens (tertiary/aromatic N) is 4. The van der Waals surface area contributed by atoms with Gasteiger partial charge in [-0.3, -0.25) is 9.78 Å². The Labute approximate surface area is 147 Å². The van der Waals surface area contributed by atoms with Gasteiger partial charge >= 0.3 is 0 Å². The highest BCUT2D eigenvalue weighted by atomic mass is 16.1. The Morgan fingerprint density at radius 2 is 1.80 bits per heavy atom. The van der Waals surface area contributed by atoms with Crippen molar-refractivity contribution in [2.24, 2.45) is 0 Å². The predicted octanol–water partition coefficient (Wildman–Crippen LogP) is 3.89. The first-order chi connectivity index (χ1) is 11.8. The number of fused-ring (bicyclic) bond motifs is 1. The van der Waals surface area contributed by atoms with Crippen LogP contribution in [0.3, 0.4) is 0 Å². The third-order valence-corrected chi connectivity index (χ3v) is 4.26. The maximum Gasteiger partial charge on any atom is 0.257 e. The third-order valence-electron chi connectivity index (χ3n) is 4.26. The Hall–Kier alpha value is -2.76. The number of pyridine rings is 2. The molecule has 0 unspecified atom stereocenters. The van der Waals surface area contributed by atoms with Crippen LogP contribution in [0, 0.1) is 27.7 Å². The quantitative estimate of drug-likeness (QED) is 0.787. The van der Waals surface area contributed by atoms with Gasteiger partial charge in [-0.1, -0.05) is 0 Å². The van der Waals surface area contributed by atoms with Gasteiger partial charge in [0.25, 0.3) is 5.91 Å². The SMILES string of the molecule is Cc1cc(C)c(NC(=O)c2cc3cnn(C(C)C)c3nc2C)c(C)n1. The van der Waals surface area contributed by atoms with E-state index >= 15 is 0 Å². The lowest BCUT2D eigenvalue weighted by Gasteiger charge is -2.13. The number of rotatable bonds is 3. The largest absolute Gasteiger partial charge is 0.320 e. The molecule has 0 aliphatic rings. The Kier molecular flexibility index (Phi) is 4.29. The molecule has 0 aliphatic heterocycles. The molecule has 0 saturated carbocycles. The molecule has 0 aliphatic carbocycles. The summed E-state index contributed by atoms with van der Waals surface area (Å²) in [5, 5.41) is 8.22. The summed E-state index contributed by atoms with van der Waals surface area (Å²) in [6.45, 7) is 11.8. The molecular weight excluding hydrogens is 314 g/mol. The first-order valence-corrected chi connectivity index (χ1v) is 8.39. The van der Waals surface area contributed by atoms with Crippen molar-refractivity contribution in [3.63, 3.8) is 0 Å². The summed E-state index contributed by atoms with van der Waals surface area (Å²) < 4.78 is 1.86. The van der Waals surface area contributed by atoms with Crippen molar-refractivity contribution >= 4 is 22.6 Å². The number of carbonyl (C=O) groups is 1. The number of hydrogen-bond donors (Lipinski definition) is 1. The van der Waals surface area contributed by atoms with Crippen LogP contribution in [0.2, 0.25) is 0 Å². The molecule has 3 aromatic heterocycles. The summed E-state index contributed by atoms with van der Waals surface area (Å²) in [6, 6.07) is 4.03. The van der Waals surface area contributed by atoms with E-state index in [1.165, 1.54) is 0 Å². The Bertz CT molecular complexity index is 948. The van der Waals surface area contributed by atoms with E-state index in [2.05, 4.69) is 34.2 Å². The number of hydrogen-bond acceptors (Lipinski definition) is 4. The fourth-order valence-corrected chi connectivity index (χ4v) is 3.07. The van der Waals surface area contributed by atoms with Crippen LogP contribution < -0.4 is 5.32 Å². The van der Waals surface area contributed by atoms with Gasteiger partial charge in [0.15, 0.2) is 5.65 Å². The lowest BCUT2D eigenvalue weighted by Crippen LogP contribution is -2.16. The first-order valence-electron chi connectivity index (χ1n) is 8.39. The van der Waals surface area contributed by atoms with Crippen molar-refractivity contribution in [3.05, 3.63) is 46.5 Å². The van der Waals surface area contributed by atoms with Crippen molar-refractivity contribution in [3.8, 4) is 0 Å². The van der Waals surface area contributed by atoms with E-state index in [-0.39, 0.29) is 11.9 Å². The third kappa shape index (κ3) is 3.12. The number of amides is 1. The number of carbonyl (C=O) groups excluding carboxylic acids is 1. The summed E-state index contributed by atoms with van der Waals surface area (Å²) in [5.41, 5.74) is 5.54. The average molecular weight is 337 g/mol. The van der Waals surface area contributed by atoms with E-state index in [0.29, 0.717) is 11.3 Å². The van der Waals surface area contributed by atoms with E-state index in [4.69, 9.17) is 0 Å². The number of aromatic nitrogens is 4. The highest BCUT2D eigenvalue weighted by Crippen LogP contribution is 2.23. The summed E-state index contributed by atoms with van der Waals surface area (Å²) in [5.74, 6) is -0.180. The maximum atomic E-state index is 12.8. The van der Waals surface area contributed by atoms with Gasteiger partial charge < -0.3 is 5.32 Å². The van der Waals surface area contributed by atoms with Crippen molar-refractivity contribution in [2.45, 2.75) is 47.6 Å². The van der Waals surface area contributed by atoms with Gasteiger partial charge in [-0.2, -0.15) is 5.10 Å². The van der Waals surface area contributed by atoms with E-state index in [1.807, 2.05) is 44.5 Å². The van der Waals surface area contributed by atoms with Crippen LogP contribution in [-0.4, -0.2) is 25.7 Å². The van der Waals surface area contributed by atoms with Gasteiger partial charge in [-0.05, 0) is 59.2 Å². The zero-order valence-electron chi connectivity index (χ0n) is 15.5. The molecule has 1 amide bonds. The second-order valence-electron chi connectivity index (χ2n) is 6.71. The van der Waals surface area contributed by atoms with Gasteiger partial charge in [0.1, 0.15) is 0 Å². The topological polar surface area (TPSA) is 72.7 Å². The second-order valence-corrected chi connectivity index (χ2v) is 6.71. The second kappa shape index (κ2) is 6.27. The summed E-state index contributed by atoms with van der Waals surface area (Å²) in [6.07, 6.45) is 1.75. The molecule has 0 spiro atoms. The summed E-state index contributed by atoms with van der Waals surface area (Å²) >= 11 is 0. The Morgan fingerprint density at radius 3 is 2.44 bits per heavy atom. The zero-order valence-corrected chi connectivity index (χ0v) is 15.5. The fourth-order valence-electron chi connectivity index (χ4n) is 3.07. The van der Waals surface area contributed by atoms with Crippen LogP contribution in [0.4, 0.5) is 5.69 Å². The molecule has 0 fully saturated rings. The van der Waals surface area contributed by atoms with Crippen LogP contribution in [0.5, 0.6) is 0 Å². The summed E-state index contributed by atoms with van der Waals surface area (Å²) in [4.78, 5) is 21.8. The minimum absolute atomic E-state index is 0.180. The van der Waals surface area contributed by atoms with E-state index in [0.717, 1.165) is 33.7 Å². The molecule has 3 aromatic rings. The molecule has 0 aromatic carbocycles. The van der Waals surface area contributed by atoms with Gasteiger partial charge in [0.2, 0.25) is 0 Å². The van der Waals surface area contributed by atoms with Crippen LogP contribution in [0.25, 0.3) is 11.0 Å². The highest BCUT2D eigenvalue weighted by molar-refractivity contribution is 6.07. The lowest BCUT2D eigenvalue weighted by atomic mass is 10.1. The molecule has 3 heterocycles. The molecule has 0 saturated heterocycles. The van der Waals surface area contributed by atoms with Crippen LogP contribution in [0.1, 0.15) is 52.9 Å². The van der Waals surface area contributed by atoms with Crippen molar-refractivity contribution < 1.29 is 4.79 Å². The molecule has 130 valence electrons. The van der Waals surface area contributed by atoms with Crippen LogP contribution in [0.15, 0.2) is 18.3 Å². The van der Waals surface area contributed by atoms with Gasteiger partial charge in [0, 0.05) is 17.1 Å². The molecule has 3 rings (SSSR count). The van der Waals surface area contributed by atoms with E-state index in [1.54, 1.807) is 6.20 Å². The van der Waals surface area contributed by atoms with Gasteiger partial charge in [-0.25, -0.2) is 9.67 Å². The minimum Gasteiger partial charge on any atom is -0.320 e. The number of nitrogens with one attached hydrogen (secondary N) is 1. The van der Waals surface area contributed by atoms with E-state index in [9.17, 15) is 4.79 Å². The summed E-state index contributed by atoms with van der Waals surface area (Å²) in [7, 11) is 0. The molecule has 0 bridgehead atoms. The zero-order chi connectivity index (χ0) is 18.3. The molecule has 0 atom stereocenters. The van der Waals surface area contributed by atoms with E-state index < -0.39 is 0 Å². The molecule has 0 radical (unpaired) electrons. The Morgan fingerprint density at radius 1 is 1.08 bits per heavy atom. The minimum atomic E-state index is -0.180. The Balaban J connectivity index is 1.99. The molecule has 6 heteroatoms. The predicted molar refractivity (Wildman–Crippen MR) is 99.1 cm³/mol. The molecule has 1 N–H and O–H groups in total. The highest BCUT2D eigenvalue weighted by Gasteiger charge is 2.17. The average Bonchev–Trinajstić information content (AvgIpc) is 2.92. The van der Waals surface area contributed by atoms with Crippen molar-refractivity contribution in [1.29, 1.82) is 0 Å². The normalized spacial score (nSPS) is 11.3. The number of anilines is 1.